The van der Waals surface area contributed by atoms with Crippen molar-refractivity contribution in [2.24, 2.45) is 0 Å². The van der Waals surface area contributed by atoms with E-state index in [0.717, 1.165) is 65.1 Å². The van der Waals surface area contributed by atoms with Gasteiger partial charge in [0.2, 0.25) is 0 Å². The summed E-state index contributed by atoms with van der Waals surface area (Å²) in [5, 5.41) is 1.62. The average Bonchev–Trinajstić information content (AvgIpc) is 3.48. The van der Waals surface area contributed by atoms with E-state index in [1.807, 2.05) is 60.7 Å². The first kappa shape index (κ1) is 26.2. The molecule has 2 aromatic heterocycles. The number of thiophene rings is 1. The third-order valence-electron chi connectivity index (χ3n) is 7.94. The molecule has 44 heavy (non-hydrogen) atoms. The van der Waals surface area contributed by atoms with Gasteiger partial charge < -0.3 is 0 Å². The van der Waals surface area contributed by atoms with Gasteiger partial charge >= 0.3 is 0 Å². The van der Waals surface area contributed by atoms with Crippen LogP contribution in [-0.4, -0.2) is 9.97 Å². The standard InChI is InChI=1S/C40H25FN2S/c41-34-17-10-18-38-39(34)33-24-29(19-20-37(33)44-38)31-21-30(26-11-4-1-5-12-26)22-32(23-31)36-25-35(27-13-6-2-7-14-27)42-40(43-36)28-15-8-3-9-16-28/h1-25H. The Hall–Kier alpha value is -5.45. The van der Waals surface area contributed by atoms with Crippen molar-refractivity contribution in [3.63, 3.8) is 0 Å². The van der Waals surface area contributed by atoms with E-state index in [9.17, 15) is 0 Å². The summed E-state index contributed by atoms with van der Waals surface area (Å²) in [6, 6.07) is 51.0. The highest BCUT2D eigenvalue weighted by molar-refractivity contribution is 7.25. The van der Waals surface area contributed by atoms with Gasteiger partial charge in [0.05, 0.1) is 11.4 Å². The lowest BCUT2D eigenvalue weighted by Crippen LogP contribution is -1.96. The van der Waals surface area contributed by atoms with Crippen molar-refractivity contribution in [3.05, 3.63) is 157 Å². The van der Waals surface area contributed by atoms with Crippen LogP contribution in [0.1, 0.15) is 0 Å². The third-order valence-corrected chi connectivity index (χ3v) is 9.08. The first-order chi connectivity index (χ1) is 21.7. The maximum absolute atomic E-state index is 15.0. The summed E-state index contributed by atoms with van der Waals surface area (Å²) in [6.07, 6.45) is 0. The van der Waals surface area contributed by atoms with Crippen LogP contribution in [0.5, 0.6) is 0 Å². The summed E-state index contributed by atoms with van der Waals surface area (Å²) in [5.74, 6) is 0.489. The Kier molecular flexibility index (Phi) is 6.55. The first-order valence-corrected chi connectivity index (χ1v) is 15.3. The minimum atomic E-state index is -0.188. The molecule has 0 unspecified atom stereocenters. The minimum Gasteiger partial charge on any atom is -0.228 e. The molecular formula is C40H25FN2S. The number of fused-ring (bicyclic) bond motifs is 3. The molecule has 2 heterocycles. The van der Waals surface area contributed by atoms with Crippen molar-refractivity contribution in [1.82, 2.24) is 9.97 Å². The van der Waals surface area contributed by atoms with Gasteiger partial charge in [-0.2, -0.15) is 0 Å². The highest BCUT2D eigenvalue weighted by atomic mass is 32.1. The second kappa shape index (κ2) is 11.0. The van der Waals surface area contributed by atoms with Crippen LogP contribution in [-0.2, 0) is 0 Å². The molecule has 0 atom stereocenters. The van der Waals surface area contributed by atoms with E-state index in [4.69, 9.17) is 9.97 Å². The van der Waals surface area contributed by atoms with E-state index in [2.05, 4.69) is 78.9 Å². The number of hydrogen-bond donors (Lipinski definition) is 0. The van der Waals surface area contributed by atoms with Crippen LogP contribution in [0.4, 0.5) is 4.39 Å². The topological polar surface area (TPSA) is 25.8 Å². The van der Waals surface area contributed by atoms with Gasteiger partial charge in [-0.1, -0.05) is 103 Å². The molecule has 0 aliphatic heterocycles. The fourth-order valence-electron chi connectivity index (χ4n) is 5.77. The van der Waals surface area contributed by atoms with Gasteiger partial charge in [0.1, 0.15) is 5.82 Å². The zero-order chi connectivity index (χ0) is 29.5. The summed E-state index contributed by atoms with van der Waals surface area (Å²) in [4.78, 5) is 10.1. The Morgan fingerprint density at radius 1 is 0.409 bits per heavy atom. The lowest BCUT2D eigenvalue weighted by Gasteiger charge is -2.13. The maximum atomic E-state index is 15.0. The molecular weight excluding hydrogens is 560 g/mol. The average molecular weight is 585 g/mol. The summed E-state index contributed by atoms with van der Waals surface area (Å²) in [5.41, 5.74) is 8.95. The van der Waals surface area contributed by atoms with Gasteiger partial charge in [0, 0.05) is 36.9 Å². The second-order valence-electron chi connectivity index (χ2n) is 10.8. The van der Waals surface area contributed by atoms with E-state index in [-0.39, 0.29) is 5.82 Å². The summed E-state index contributed by atoms with van der Waals surface area (Å²) < 4.78 is 17.0. The molecule has 4 heteroatoms. The predicted molar refractivity (Wildman–Crippen MR) is 182 cm³/mol. The molecule has 0 N–H and O–H groups in total. The molecule has 0 amide bonds. The van der Waals surface area contributed by atoms with E-state index in [1.54, 1.807) is 23.5 Å². The summed E-state index contributed by atoms with van der Waals surface area (Å²) in [7, 11) is 0. The molecule has 2 nitrogen and oxygen atoms in total. The van der Waals surface area contributed by atoms with Crippen LogP contribution in [0, 0.1) is 5.82 Å². The molecule has 0 fully saturated rings. The minimum absolute atomic E-state index is 0.188. The highest BCUT2D eigenvalue weighted by Crippen LogP contribution is 2.40. The third kappa shape index (κ3) is 4.85. The largest absolute Gasteiger partial charge is 0.228 e. The fraction of sp³-hybridized carbons (Fsp3) is 0. The molecule has 0 saturated carbocycles. The van der Waals surface area contributed by atoms with Crippen LogP contribution in [0.15, 0.2) is 152 Å². The molecule has 8 rings (SSSR count). The van der Waals surface area contributed by atoms with Gasteiger partial charge in [-0.25, -0.2) is 14.4 Å². The monoisotopic (exact) mass is 584 g/mol. The number of hydrogen-bond acceptors (Lipinski definition) is 3. The Balaban J connectivity index is 1.36. The molecule has 0 bridgehead atoms. The van der Waals surface area contributed by atoms with E-state index < -0.39 is 0 Å². The maximum Gasteiger partial charge on any atom is 0.160 e. The van der Waals surface area contributed by atoms with E-state index in [0.29, 0.717) is 11.2 Å². The Bertz CT molecular complexity index is 2220. The fourth-order valence-corrected chi connectivity index (χ4v) is 6.87. The normalized spacial score (nSPS) is 11.3. The first-order valence-electron chi connectivity index (χ1n) is 14.5. The van der Waals surface area contributed by atoms with Gasteiger partial charge in [-0.15, -0.1) is 11.3 Å². The number of nitrogens with zero attached hydrogens (tertiary/aromatic N) is 2. The van der Waals surface area contributed by atoms with Crippen molar-refractivity contribution in [2.75, 3.05) is 0 Å². The van der Waals surface area contributed by atoms with Crippen molar-refractivity contribution >= 4 is 31.5 Å². The molecule has 0 spiro atoms. The van der Waals surface area contributed by atoms with Crippen molar-refractivity contribution in [2.45, 2.75) is 0 Å². The van der Waals surface area contributed by atoms with Crippen LogP contribution < -0.4 is 0 Å². The Morgan fingerprint density at radius 3 is 1.70 bits per heavy atom. The zero-order valence-corrected chi connectivity index (χ0v) is 24.4. The van der Waals surface area contributed by atoms with Crippen LogP contribution in [0.3, 0.4) is 0 Å². The van der Waals surface area contributed by atoms with E-state index >= 15 is 4.39 Å². The predicted octanol–water partition coefficient (Wildman–Crippen LogP) is 11.3. The van der Waals surface area contributed by atoms with Gasteiger partial charge in [0.15, 0.2) is 5.82 Å². The lowest BCUT2D eigenvalue weighted by atomic mass is 9.94. The Labute approximate surface area is 258 Å². The van der Waals surface area contributed by atoms with Crippen LogP contribution >= 0.6 is 11.3 Å². The van der Waals surface area contributed by atoms with Gasteiger partial charge in [-0.05, 0) is 70.8 Å². The van der Waals surface area contributed by atoms with Gasteiger partial charge in [0.25, 0.3) is 0 Å². The molecule has 208 valence electrons. The van der Waals surface area contributed by atoms with Crippen LogP contribution in [0.2, 0.25) is 0 Å². The number of benzene rings is 6. The van der Waals surface area contributed by atoms with Crippen LogP contribution in [0.25, 0.3) is 76.3 Å². The SMILES string of the molecule is Fc1cccc2sc3ccc(-c4cc(-c5ccccc5)cc(-c5cc(-c6ccccc6)nc(-c6ccccc6)n5)c4)cc3c12. The smallest absolute Gasteiger partial charge is 0.160 e. The number of aromatic nitrogens is 2. The van der Waals surface area contributed by atoms with E-state index in [1.165, 1.54) is 0 Å². The quantitative estimate of drug-likeness (QED) is 0.201. The highest BCUT2D eigenvalue weighted by Gasteiger charge is 2.15. The molecule has 6 aromatic carbocycles. The lowest BCUT2D eigenvalue weighted by molar-refractivity contribution is 0.641. The van der Waals surface area contributed by atoms with Gasteiger partial charge in [-0.3, -0.25) is 0 Å². The summed E-state index contributed by atoms with van der Waals surface area (Å²) in [6.45, 7) is 0. The number of halogens is 1. The van der Waals surface area contributed by atoms with Crippen molar-refractivity contribution < 1.29 is 4.39 Å². The van der Waals surface area contributed by atoms with Crippen molar-refractivity contribution in [1.29, 1.82) is 0 Å². The number of rotatable bonds is 5. The Morgan fingerprint density at radius 2 is 1.00 bits per heavy atom. The van der Waals surface area contributed by atoms with Crippen molar-refractivity contribution in [3.8, 4) is 56.2 Å². The zero-order valence-electron chi connectivity index (χ0n) is 23.6. The molecule has 0 aliphatic carbocycles. The molecule has 0 radical (unpaired) electrons. The second-order valence-corrected chi connectivity index (χ2v) is 11.9. The molecule has 0 saturated heterocycles. The molecule has 0 aliphatic rings. The molecule has 8 aromatic rings. The summed E-state index contributed by atoms with van der Waals surface area (Å²) >= 11 is 1.62.